The standard InChI is InChI=1S/C17H27NO3/c1-16(2)13-17(19,9-11-21-16)8-10-18-12-14-4-6-15(20-3)7-5-14/h4-7,18-19H,8-13H2,1-3H3/p+1/t17-/m1/s1. The van der Waals surface area contributed by atoms with E-state index in [-0.39, 0.29) is 5.60 Å². The predicted octanol–water partition coefficient (Wildman–Crippen LogP) is 1.47. The molecule has 21 heavy (non-hydrogen) atoms. The highest BCUT2D eigenvalue weighted by Crippen LogP contribution is 2.33. The Morgan fingerprint density at radius 2 is 2.00 bits per heavy atom. The number of aliphatic hydroxyl groups is 1. The number of ether oxygens (including phenoxy) is 2. The summed E-state index contributed by atoms with van der Waals surface area (Å²) < 4.78 is 10.8. The van der Waals surface area contributed by atoms with Crippen molar-refractivity contribution in [3.05, 3.63) is 29.8 Å². The van der Waals surface area contributed by atoms with Crippen LogP contribution in [-0.4, -0.2) is 36.6 Å². The van der Waals surface area contributed by atoms with Crippen LogP contribution in [0.15, 0.2) is 24.3 Å². The molecule has 4 nitrogen and oxygen atoms in total. The maximum absolute atomic E-state index is 10.7. The molecule has 0 aliphatic carbocycles. The van der Waals surface area contributed by atoms with Crippen molar-refractivity contribution in [3.8, 4) is 5.75 Å². The van der Waals surface area contributed by atoms with E-state index in [1.165, 1.54) is 5.56 Å². The second-order valence-electron chi connectivity index (χ2n) is 6.64. The van der Waals surface area contributed by atoms with Gasteiger partial charge < -0.3 is 19.9 Å². The van der Waals surface area contributed by atoms with Crippen molar-refractivity contribution in [3.63, 3.8) is 0 Å². The highest BCUT2D eigenvalue weighted by atomic mass is 16.5. The van der Waals surface area contributed by atoms with E-state index in [0.717, 1.165) is 38.1 Å². The van der Waals surface area contributed by atoms with Crippen LogP contribution in [0.2, 0.25) is 0 Å². The Kier molecular flexibility index (Phi) is 5.25. The van der Waals surface area contributed by atoms with Crippen LogP contribution >= 0.6 is 0 Å². The smallest absolute Gasteiger partial charge is 0.118 e. The van der Waals surface area contributed by atoms with Crippen LogP contribution < -0.4 is 10.1 Å². The van der Waals surface area contributed by atoms with E-state index < -0.39 is 5.60 Å². The fourth-order valence-electron chi connectivity index (χ4n) is 3.06. The summed E-state index contributed by atoms with van der Waals surface area (Å²) >= 11 is 0. The van der Waals surface area contributed by atoms with E-state index in [9.17, 15) is 5.11 Å². The molecule has 1 atom stereocenters. The number of benzene rings is 1. The lowest BCUT2D eigenvalue weighted by Crippen LogP contribution is -2.83. The van der Waals surface area contributed by atoms with Gasteiger partial charge in [0.05, 0.1) is 31.5 Å². The summed E-state index contributed by atoms with van der Waals surface area (Å²) in [5, 5.41) is 12.9. The minimum atomic E-state index is -0.571. The van der Waals surface area contributed by atoms with Gasteiger partial charge in [0.2, 0.25) is 0 Å². The molecule has 1 aliphatic rings. The van der Waals surface area contributed by atoms with Crippen LogP contribution in [0.5, 0.6) is 5.75 Å². The van der Waals surface area contributed by atoms with Gasteiger partial charge in [-0.2, -0.15) is 0 Å². The van der Waals surface area contributed by atoms with Crippen LogP contribution in [0.4, 0.5) is 0 Å². The molecule has 1 aromatic carbocycles. The monoisotopic (exact) mass is 294 g/mol. The molecule has 1 aliphatic heterocycles. The third-order valence-electron chi connectivity index (χ3n) is 4.17. The highest BCUT2D eigenvalue weighted by molar-refractivity contribution is 5.26. The van der Waals surface area contributed by atoms with Crippen LogP contribution in [-0.2, 0) is 11.3 Å². The average molecular weight is 294 g/mol. The van der Waals surface area contributed by atoms with Crippen LogP contribution in [0.25, 0.3) is 0 Å². The van der Waals surface area contributed by atoms with Gasteiger partial charge in [-0.25, -0.2) is 0 Å². The molecule has 0 aromatic heterocycles. The Morgan fingerprint density at radius 1 is 1.29 bits per heavy atom. The van der Waals surface area contributed by atoms with Crippen LogP contribution in [0.3, 0.4) is 0 Å². The first-order valence-electron chi connectivity index (χ1n) is 7.73. The van der Waals surface area contributed by atoms with E-state index in [0.29, 0.717) is 6.61 Å². The van der Waals surface area contributed by atoms with Gasteiger partial charge in [-0.15, -0.1) is 0 Å². The minimum absolute atomic E-state index is 0.205. The summed E-state index contributed by atoms with van der Waals surface area (Å²) in [5.41, 5.74) is 0.497. The third kappa shape index (κ3) is 4.99. The zero-order valence-electron chi connectivity index (χ0n) is 13.4. The lowest BCUT2D eigenvalue weighted by Gasteiger charge is -2.41. The molecule has 3 N–H and O–H groups in total. The first-order chi connectivity index (χ1) is 9.92. The second kappa shape index (κ2) is 6.77. The summed E-state index contributed by atoms with van der Waals surface area (Å²) in [5.74, 6) is 0.887. The van der Waals surface area contributed by atoms with Gasteiger partial charge in [0.1, 0.15) is 12.3 Å². The van der Waals surface area contributed by atoms with Gasteiger partial charge in [-0.3, -0.25) is 0 Å². The van der Waals surface area contributed by atoms with E-state index in [4.69, 9.17) is 9.47 Å². The fourth-order valence-corrected chi connectivity index (χ4v) is 3.06. The van der Waals surface area contributed by atoms with Crippen molar-refractivity contribution >= 4 is 0 Å². The molecule has 0 saturated carbocycles. The molecule has 118 valence electrons. The van der Waals surface area contributed by atoms with Crippen molar-refractivity contribution < 1.29 is 19.9 Å². The molecule has 1 aromatic rings. The van der Waals surface area contributed by atoms with Gasteiger partial charge >= 0.3 is 0 Å². The molecular weight excluding hydrogens is 266 g/mol. The van der Waals surface area contributed by atoms with Crippen LogP contribution in [0, 0.1) is 0 Å². The van der Waals surface area contributed by atoms with E-state index >= 15 is 0 Å². The van der Waals surface area contributed by atoms with Crippen LogP contribution in [0.1, 0.15) is 38.7 Å². The Balaban J connectivity index is 1.73. The lowest BCUT2D eigenvalue weighted by molar-refractivity contribution is -0.672. The predicted molar refractivity (Wildman–Crippen MR) is 82.3 cm³/mol. The number of nitrogens with two attached hydrogens (primary N) is 1. The molecule has 0 radical (unpaired) electrons. The fraction of sp³-hybridized carbons (Fsp3) is 0.647. The normalized spacial score (nSPS) is 24.8. The Morgan fingerprint density at radius 3 is 2.62 bits per heavy atom. The zero-order valence-corrected chi connectivity index (χ0v) is 13.4. The zero-order chi connectivity index (χ0) is 15.3. The first-order valence-corrected chi connectivity index (χ1v) is 7.73. The van der Waals surface area contributed by atoms with Gasteiger partial charge in [0, 0.05) is 18.4 Å². The van der Waals surface area contributed by atoms with E-state index in [2.05, 4.69) is 31.3 Å². The molecule has 4 heteroatoms. The summed E-state index contributed by atoms with van der Waals surface area (Å²) in [4.78, 5) is 0. The maximum Gasteiger partial charge on any atom is 0.118 e. The minimum Gasteiger partial charge on any atom is -0.497 e. The summed E-state index contributed by atoms with van der Waals surface area (Å²) in [6.45, 7) is 6.62. The van der Waals surface area contributed by atoms with Crippen molar-refractivity contribution in [1.29, 1.82) is 0 Å². The summed E-state index contributed by atoms with van der Waals surface area (Å²) in [6.07, 6.45) is 2.28. The Bertz CT molecular complexity index is 444. The van der Waals surface area contributed by atoms with Gasteiger partial charge in [0.15, 0.2) is 0 Å². The maximum atomic E-state index is 10.7. The summed E-state index contributed by atoms with van der Waals surface area (Å²) in [6, 6.07) is 8.14. The van der Waals surface area contributed by atoms with Gasteiger partial charge in [0.25, 0.3) is 0 Å². The Labute approximate surface area is 127 Å². The molecule has 0 bridgehead atoms. The number of quaternary nitrogens is 1. The topological polar surface area (TPSA) is 55.3 Å². The van der Waals surface area contributed by atoms with Crippen molar-refractivity contribution in [1.82, 2.24) is 0 Å². The quantitative estimate of drug-likeness (QED) is 0.781. The third-order valence-corrected chi connectivity index (χ3v) is 4.17. The largest absolute Gasteiger partial charge is 0.497 e. The lowest BCUT2D eigenvalue weighted by atomic mass is 9.82. The number of hydrogen-bond donors (Lipinski definition) is 2. The number of methoxy groups -OCH3 is 1. The molecular formula is C17H28NO3+. The van der Waals surface area contributed by atoms with E-state index in [1.807, 2.05) is 12.1 Å². The Hall–Kier alpha value is -1.10. The van der Waals surface area contributed by atoms with Crippen molar-refractivity contribution in [2.24, 2.45) is 0 Å². The highest BCUT2D eigenvalue weighted by Gasteiger charge is 2.39. The van der Waals surface area contributed by atoms with Gasteiger partial charge in [-0.05, 0) is 44.5 Å². The molecule has 2 rings (SSSR count). The molecule has 1 heterocycles. The second-order valence-corrected chi connectivity index (χ2v) is 6.64. The summed E-state index contributed by atoms with van der Waals surface area (Å²) in [7, 11) is 1.68. The molecule has 1 saturated heterocycles. The molecule has 0 spiro atoms. The van der Waals surface area contributed by atoms with Crippen molar-refractivity contribution in [2.45, 2.75) is 50.9 Å². The molecule has 0 unspecified atom stereocenters. The SMILES string of the molecule is COc1ccc(C[NH2+]CC[C@@]2(O)CCOC(C)(C)C2)cc1. The van der Waals surface area contributed by atoms with Gasteiger partial charge in [-0.1, -0.05) is 0 Å². The first kappa shape index (κ1) is 16.3. The van der Waals surface area contributed by atoms with Crippen molar-refractivity contribution in [2.75, 3.05) is 20.3 Å². The molecule has 1 fully saturated rings. The average Bonchev–Trinajstić information content (AvgIpc) is 2.43. The number of hydrogen-bond acceptors (Lipinski definition) is 3. The molecule has 0 amide bonds. The number of rotatable bonds is 6. The van der Waals surface area contributed by atoms with E-state index in [1.54, 1.807) is 7.11 Å².